The summed E-state index contributed by atoms with van der Waals surface area (Å²) in [5.74, 6) is -2.24. The third-order valence-electron chi connectivity index (χ3n) is 1.09. The molecule has 0 bridgehead atoms. The third kappa shape index (κ3) is 1.47. The topological polar surface area (TPSA) is 4.36 Å². The first-order chi connectivity index (χ1) is 5.15. The van der Waals surface area contributed by atoms with Gasteiger partial charge < -0.3 is 0 Å². The van der Waals surface area contributed by atoms with Gasteiger partial charge in [-0.05, 0) is 12.1 Å². The van der Waals surface area contributed by atoms with E-state index < -0.39 is 17.3 Å². The Morgan fingerprint density at radius 3 is 2.55 bits per heavy atom. The number of nitrogens with zero attached hydrogens (tertiary/aromatic N) is 1. The van der Waals surface area contributed by atoms with Crippen LogP contribution in [0, 0.1) is 18.2 Å². The summed E-state index contributed by atoms with van der Waals surface area (Å²) in [4.78, 5) is 2.74. The van der Waals surface area contributed by atoms with Gasteiger partial charge in [0.05, 0.1) is 6.57 Å². The van der Waals surface area contributed by atoms with Gasteiger partial charge in [0.15, 0.2) is 5.82 Å². The zero-order valence-corrected chi connectivity index (χ0v) is 5.99. The van der Waals surface area contributed by atoms with Crippen LogP contribution >= 0.6 is 11.6 Å². The molecule has 0 spiro atoms. The van der Waals surface area contributed by atoms with E-state index in [0.717, 1.165) is 12.1 Å². The van der Waals surface area contributed by atoms with Crippen LogP contribution in [0.1, 0.15) is 0 Å². The zero-order chi connectivity index (χ0) is 8.43. The lowest BCUT2D eigenvalue weighted by atomic mass is 10.3. The molecule has 0 aliphatic heterocycles. The summed E-state index contributed by atoms with van der Waals surface area (Å²) < 4.78 is 25.0. The minimum Gasteiger partial charge on any atom is -0.235 e. The molecule has 0 aliphatic rings. The average molecular weight is 174 g/mol. The van der Waals surface area contributed by atoms with Crippen LogP contribution in [0.5, 0.6) is 0 Å². The van der Waals surface area contributed by atoms with Crippen molar-refractivity contribution in [2.75, 3.05) is 0 Å². The highest BCUT2D eigenvalue weighted by Gasteiger charge is 2.08. The fourth-order valence-corrected chi connectivity index (χ4v) is 0.823. The van der Waals surface area contributed by atoms with Crippen molar-refractivity contribution in [2.24, 2.45) is 0 Å². The van der Waals surface area contributed by atoms with Crippen LogP contribution in [0.25, 0.3) is 4.85 Å². The Labute approximate surface area is 67.0 Å². The van der Waals surface area contributed by atoms with Crippen LogP contribution in [0.15, 0.2) is 12.1 Å². The van der Waals surface area contributed by atoms with E-state index in [1.54, 1.807) is 0 Å². The fourth-order valence-electron chi connectivity index (χ4n) is 0.624. The Morgan fingerprint density at radius 2 is 2.00 bits per heavy atom. The van der Waals surface area contributed by atoms with E-state index in [-0.39, 0.29) is 5.02 Å². The van der Waals surface area contributed by atoms with Crippen molar-refractivity contribution in [1.82, 2.24) is 0 Å². The maximum Gasteiger partial charge on any atom is 0.226 e. The molecule has 0 unspecified atom stereocenters. The molecule has 0 saturated heterocycles. The van der Waals surface area contributed by atoms with Gasteiger partial charge in [0.1, 0.15) is 5.82 Å². The Hall–Kier alpha value is -1.14. The predicted molar refractivity (Wildman–Crippen MR) is 37.6 cm³/mol. The lowest BCUT2D eigenvalue weighted by Crippen LogP contribution is -1.82. The Kier molecular flexibility index (Phi) is 2.06. The van der Waals surface area contributed by atoms with Gasteiger partial charge in [-0.1, -0.05) is 11.6 Å². The number of halogens is 3. The van der Waals surface area contributed by atoms with Crippen LogP contribution < -0.4 is 0 Å². The average Bonchev–Trinajstić information content (AvgIpc) is 1.96. The number of hydrogen-bond acceptors (Lipinski definition) is 0. The van der Waals surface area contributed by atoms with Gasteiger partial charge in [-0.15, -0.1) is 0 Å². The minimum absolute atomic E-state index is 0.0231. The summed E-state index contributed by atoms with van der Waals surface area (Å²) in [7, 11) is 0. The van der Waals surface area contributed by atoms with Crippen molar-refractivity contribution in [3.63, 3.8) is 0 Å². The van der Waals surface area contributed by atoms with Crippen molar-refractivity contribution in [3.05, 3.63) is 40.2 Å². The zero-order valence-electron chi connectivity index (χ0n) is 5.24. The molecule has 0 N–H and O–H groups in total. The van der Waals surface area contributed by atoms with Gasteiger partial charge >= 0.3 is 0 Å². The quantitative estimate of drug-likeness (QED) is 0.419. The smallest absolute Gasteiger partial charge is 0.226 e. The predicted octanol–water partition coefficient (Wildman–Crippen LogP) is 3.17. The van der Waals surface area contributed by atoms with E-state index in [9.17, 15) is 8.78 Å². The summed E-state index contributed by atoms with van der Waals surface area (Å²) in [6.45, 7) is 6.44. The number of rotatable bonds is 0. The first kappa shape index (κ1) is 7.96. The van der Waals surface area contributed by atoms with Crippen molar-refractivity contribution in [1.29, 1.82) is 0 Å². The van der Waals surface area contributed by atoms with Gasteiger partial charge in [0.2, 0.25) is 5.69 Å². The fraction of sp³-hybridized carbons (Fsp3) is 0. The molecule has 0 atom stereocenters. The molecule has 0 aromatic heterocycles. The molecule has 4 heteroatoms. The highest BCUT2D eigenvalue weighted by atomic mass is 35.5. The molecule has 0 aliphatic carbocycles. The Morgan fingerprint density at radius 1 is 1.36 bits per heavy atom. The van der Waals surface area contributed by atoms with E-state index in [2.05, 4.69) is 4.85 Å². The molecule has 0 heterocycles. The Balaban J connectivity index is 3.39. The van der Waals surface area contributed by atoms with E-state index in [0.29, 0.717) is 0 Å². The number of hydrogen-bond donors (Lipinski definition) is 0. The molecule has 11 heavy (non-hydrogen) atoms. The van der Waals surface area contributed by atoms with Crippen LogP contribution in [0.3, 0.4) is 0 Å². The maximum atomic E-state index is 12.5. The van der Waals surface area contributed by atoms with Crippen LogP contribution in [-0.2, 0) is 0 Å². The van der Waals surface area contributed by atoms with Gasteiger partial charge in [-0.2, -0.15) is 0 Å². The lowest BCUT2D eigenvalue weighted by molar-refractivity contribution is 0.513. The molecule has 0 amide bonds. The maximum absolute atomic E-state index is 12.5. The molecular weight excluding hydrogens is 172 g/mol. The van der Waals surface area contributed by atoms with Gasteiger partial charge in [0.25, 0.3) is 0 Å². The highest BCUT2D eigenvalue weighted by molar-refractivity contribution is 6.30. The van der Waals surface area contributed by atoms with Gasteiger partial charge in [0, 0.05) is 5.02 Å². The summed E-state index contributed by atoms with van der Waals surface area (Å²) >= 11 is 5.35. The van der Waals surface area contributed by atoms with Gasteiger partial charge in [-0.3, -0.25) is 0 Å². The molecule has 0 saturated carbocycles. The van der Waals surface area contributed by atoms with Crippen molar-refractivity contribution in [3.8, 4) is 0 Å². The second-order valence-electron chi connectivity index (χ2n) is 1.83. The van der Waals surface area contributed by atoms with Crippen molar-refractivity contribution in [2.45, 2.75) is 0 Å². The summed E-state index contributed by atoms with van der Waals surface area (Å²) in [5, 5.41) is 0.0231. The van der Waals surface area contributed by atoms with Crippen molar-refractivity contribution < 1.29 is 8.78 Å². The summed E-state index contributed by atoms with van der Waals surface area (Å²) in [6, 6.07) is 1.90. The molecule has 1 aromatic carbocycles. The SMILES string of the molecule is [C-]#[N+]c1cc(Cl)cc(F)c1F. The van der Waals surface area contributed by atoms with E-state index in [1.165, 1.54) is 0 Å². The largest absolute Gasteiger partial charge is 0.235 e. The minimum atomic E-state index is -1.15. The molecule has 0 fully saturated rings. The molecule has 1 nitrogen and oxygen atoms in total. The van der Waals surface area contributed by atoms with Crippen molar-refractivity contribution >= 4 is 17.3 Å². The lowest BCUT2D eigenvalue weighted by Gasteiger charge is -1.95. The van der Waals surface area contributed by atoms with Gasteiger partial charge in [-0.25, -0.2) is 13.6 Å². The van der Waals surface area contributed by atoms with Crippen LogP contribution in [0.2, 0.25) is 5.02 Å². The first-order valence-corrected chi connectivity index (χ1v) is 3.05. The standard InChI is InChI=1S/C7H2ClF2N/c1-11-6-3-4(8)2-5(9)7(6)10/h2-3H. The summed E-state index contributed by atoms with van der Waals surface area (Å²) in [5.41, 5.74) is -0.394. The first-order valence-electron chi connectivity index (χ1n) is 2.67. The van der Waals surface area contributed by atoms with E-state index in [1.807, 2.05) is 0 Å². The summed E-state index contributed by atoms with van der Waals surface area (Å²) in [6.07, 6.45) is 0. The van der Waals surface area contributed by atoms with Crippen LogP contribution in [0.4, 0.5) is 14.5 Å². The third-order valence-corrected chi connectivity index (χ3v) is 1.31. The molecular formula is C7H2ClF2N. The molecule has 1 aromatic rings. The second kappa shape index (κ2) is 2.85. The van der Waals surface area contributed by atoms with Crippen LogP contribution in [-0.4, -0.2) is 0 Å². The normalized spacial score (nSPS) is 9.27. The second-order valence-corrected chi connectivity index (χ2v) is 2.27. The molecule has 1 rings (SSSR count). The molecule has 56 valence electrons. The van der Waals surface area contributed by atoms with E-state index >= 15 is 0 Å². The monoisotopic (exact) mass is 173 g/mol. The highest BCUT2D eigenvalue weighted by Crippen LogP contribution is 2.24. The Bertz CT molecular complexity index is 330. The number of benzene rings is 1. The van der Waals surface area contributed by atoms with E-state index in [4.69, 9.17) is 18.2 Å². The molecule has 0 radical (unpaired) electrons.